The fourth-order valence-corrected chi connectivity index (χ4v) is 3.41. The molecule has 0 atom stereocenters. The molecule has 0 saturated heterocycles. The lowest BCUT2D eigenvalue weighted by Gasteiger charge is -2.28. The second-order valence-electron chi connectivity index (χ2n) is 9.57. The summed E-state index contributed by atoms with van der Waals surface area (Å²) in [5.41, 5.74) is 2.67. The van der Waals surface area contributed by atoms with Gasteiger partial charge in [-0.3, -0.25) is 9.59 Å². The molecule has 1 aliphatic rings. The third kappa shape index (κ3) is 6.12. The minimum Gasteiger partial charge on any atom is -0.467 e. The molecule has 3 rings (SSSR count). The Morgan fingerprint density at radius 3 is 2.43 bits per heavy atom. The molecule has 1 fully saturated rings. The van der Waals surface area contributed by atoms with Crippen molar-refractivity contribution < 1.29 is 14.0 Å². The van der Waals surface area contributed by atoms with Gasteiger partial charge in [0.2, 0.25) is 11.8 Å². The average molecular weight is 412 g/mol. The van der Waals surface area contributed by atoms with E-state index in [2.05, 4.69) is 26.1 Å². The lowest BCUT2D eigenvalue weighted by Crippen LogP contribution is -2.33. The molecule has 1 saturated carbocycles. The van der Waals surface area contributed by atoms with Crippen molar-refractivity contribution >= 4 is 23.2 Å². The number of hydrogen-bond donors (Lipinski definition) is 1. The number of furan rings is 1. The van der Waals surface area contributed by atoms with Crippen LogP contribution in [0.3, 0.4) is 0 Å². The Labute approximate surface area is 179 Å². The largest absolute Gasteiger partial charge is 0.467 e. The fourth-order valence-electron chi connectivity index (χ4n) is 3.41. The van der Waals surface area contributed by atoms with Crippen molar-refractivity contribution in [1.82, 2.24) is 4.90 Å². The first-order chi connectivity index (χ1) is 14.1. The standard InChI is InChI=1S/C24H33N3O3/c1-24(2,3)14-22(28)27(16-20-7-6-12-30-20)15-18-13-19(10-11-21(18)26(4)5)25-23(29)17-8-9-17/h6-7,10-13,17H,8-9,14-16H2,1-5H3,(H,25,29). The van der Waals surface area contributed by atoms with Crippen molar-refractivity contribution in [2.24, 2.45) is 11.3 Å². The molecule has 0 bridgehead atoms. The molecule has 2 aromatic rings. The molecule has 0 radical (unpaired) electrons. The average Bonchev–Trinajstić information content (AvgIpc) is 3.37. The molecule has 162 valence electrons. The second-order valence-corrected chi connectivity index (χ2v) is 9.57. The van der Waals surface area contributed by atoms with E-state index in [9.17, 15) is 9.59 Å². The summed E-state index contributed by atoms with van der Waals surface area (Å²) >= 11 is 0. The molecule has 1 N–H and O–H groups in total. The number of benzene rings is 1. The molecule has 1 aromatic carbocycles. The van der Waals surface area contributed by atoms with Crippen molar-refractivity contribution in [1.29, 1.82) is 0 Å². The molecule has 6 heteroatoms. The van der Waals surface area contributed by atoms with Crippen LogP contribution in [-0.2, 0) is 22.7 Å². The highest BCUT2D eigenvalue weighted by Crippen LogP contribution is 2.32. The number of amides is 2. The van der Waals surface area contributed by atoms with Crippen LogP contribution in [0.2, 0.25) is 0 Å². The van der Waals surface area contributed by atoms with Gasteiger partial charge in [0, 0.05) is 44.4 Å². The number of carbonyl (C=O) groups is 2. The van der Waals surface area contributed by atoms with Crippen molar-refractivity contribution in [2.75, 3.05) is 24.3 Å². The van der Waals surface area contributed by atoms with Gasteiger partial charge in [-0.1, -0.05) is 20.8 Å². The zero-order valence-electron chi connectivity index (χ0n) is 18.7. The predicted molar refractivity (Wildman–Crippen MR) is 119 cm³/mol. The molecule has 6 nitrogen and oxygen atoms in total. The molecule has 1 heterocycles. The summed E-state index contributed by atoms with van der Waals surface area (Å²) in [6, 6.07) is 9.62. The number of anilines is 2. The number of nitrogens with zero attached hydrogens (tertiary/aromatic N) is 2. The Kier molecular flexibility index (Phi) is 6.54. The maximum Gasteiger partial charge on any atom is 0.227 e. The predicted octanol–water partition coefficient (Wildman–Crippen LogP) is 4.66. The fraction of sp³-hybridized carbons (Fsp3) is 0.500. The summed E-state index contributed by atoms with van der Waals surface area (Å²) in [7, 11) is 3.96. The lowest BCUT2D eigenvalue weighted by atomic mass is 9.91. The highest BCUT2D eigenvalue weighted by molar-refractivity contribution is 5.94. The quantitative estimate of drug-likeness (QED) is 0.686. The minimum atomic E-state index is -0.108. The van der Waals surface area contributed by atoms with E-state index in [0.29, 0.717) is 19.5 Å². The van der Waals surface area contributed by atoms with Crippen LogP contribution in [-0.4, -0.2) is 30.8 Å². The van der Waals surface area contributed by atoms with E-state index >= 15 is 0 Å². The summed E-state index contributed by atoms with van der Waals surface area (Å²) < 4.78 is 5.51. The topological polar surface area (TPSA) is 65.8 Å². The van der Waals surface area contributed by atoms with E-state index in [1.807, 2.05) is 54.2 Å². The van der Waals surface area contributed by atoms with Crippen LogP contribution in [0, 0.1) is 11.3 Å². The van der Waals surface area contributed by atoms with Crippen LogP contribution in [0.5, 0.6) is 0 Å². The zero-order chi connectivity index (χ0) is 21.9. The zero-order valence-corrected chi connectivity index (χ0v) is 18.7. The van der Waals surface area contributed by atoms with Gasteiger partial charge in [-0.2, -0.15) is 0 Å². The Bertz CT molecular complexity index is 878. The van der Waals surface area contributed by atoms with E-state index < -0.39 is 0 Å². The Morgan fingerprint density at radius 1 is 1.13 bits per heavy atom. The molecular formula is C24H33N3O3. The molecule has 0 unspecified atom stereocenters. The van der Waals surface area contributed by atoms with E-state index in [1.165, 1.54) is 0 Å². The number of carbonyl (C=O) groups excluding carboxylic acids is 2. The van der Waals surface area contributed by atoms with Gasteiger partial charge in [-0.25, -0.2) is 0 Å². The Hall–Kier alpha value is -2.76. The van der Waals surface area contributed by atoms with Crippen molar-refractivity contribution in [3.05, 3.63) is 47.9 Å². The molecule has 1 aromatic heterocycles. The number of rotatable bonds is 8. The van der Waals surface area contributed by atoms with Crippen molar-refractivity contribution in [2.45, 2.75) is 53.1 Å². The third-order valence-electron chi connectivity index (χ3n) is 5.10. The van der Waals surface area contributed by atoms with Gasteiger partial charge in [0.1, 0.15) is 5.76 Å². The van der Waals surface area contributed by atoms with Gasteiger partial charge < -0.3 is 19.5 Å². The first-order valence-corrected chi connectivity index (χ1v) is 10.5. The van der Waals surface area contributed by atoms with E-state index in [4.69, 9.17) is 4.42 Å². The van der Waals surface area contributed by atoms with E-state index in [-0.39, 0.29) is 23.1 Å². The maximum absolute atomic E-state index is 13.1. The second kappa shape index (κ2) is 8.94. The molecule has 0 spiro atoms. The Morgan fingerprint density at radius 2 is 1.87 bits per heavy atom. The number of hydrogen-bond acceptors (Lipinski definition) is 4. The number of nitrogens with one attached hydrogen (secondary N) is 1. The van der Waals surface area contributed by atoms with E-state index in [1.54, 1.807) is 6.26 Å². The van der Waals surface area contributed by atoms with Crippen LogP contribution < -0.4 is 10.2 Å². The van der Waals surface area contributed by atoms with Crippen LogP contribution in [0.15, 0.2) is 41.0 Å². The van der Waals surface area contributed by atoms with Crippen molar-refractivity contribution in [3.63, 3.8) is 0 Å². The highest BCUT2D eigenvalue weighted by Gasteiger charge is 2.30. The third-order valence-corrected chi connectivity index (χ3v) is 5.10. The monoisotopic (exact) mass is 411 g/mol. The summed E-state index contributed by atoms with van der Waals surface area (Å²) in [5.74, 6) is 1.05. The van der Waals surface area contributed by atoms with Crippen LogP contribution in [0.1, 0.15) is 51.4 Å². The van der Waals surface area contributed by atoms with Crippen molar-refractivity contribution in [3.8, 4) is 0 Å². The normalized spacial score (nSPS) is 13.8. The smallest absolute Gasteiger partial charge is 0.227 e. The van der Waals surface area contributed by atoms with Crippen LogP contribution in [0.25, 0.3) is 0 Å². The summed E-state index contributed by atoms with van der Waals surface area (Å²) in [6.07, 6.45) is 4.00. The van der Waals surface area contributed by atoms with Gasteiger partial charge in [-0.05, 0) is 54.2 Å². The molecular weight excluding hydrogens is 378 g/mol. The summed E-state index contributed by atoms with van der Waals surface area (Å²) in [4.78, 5) is 29.2. The van der Waals surface area contributed by atoms with E-state index in [0.717, 1.165) is 35.5 Å². The first-order valence-electron chi connectivity index (χ1n) is 10.5. The van der Waals surface area contributed by atoms with Gasteiger partial charge in [-0.15, -0.1) is 0 Å². The minimum absolute atomic E-state index is 0.0785. The summed E-state index contributed by atoms with van der Waals surface area (Å²) in [6.45, 7) is 7.05. The molecule has 30 heavy (non-hydrogen) atoms. The molecule has 1 aliphatic carbocycles. The van der Waals surface area contributed by atoms with Gasteiger partial charge in [0.15, 0.2) is 0 Å². The van der Waals surface area contributed by atoms with Crippen LogP contribution >= 0.6 is 0 Å². The highest BCUT2D eigenvalue weighted by atomic mass is 16.3. The van der Waals surface area contributed by atoms with Gasteiger partial charge >= 0.3 is 0 Å². The van der Waals surface area contributed by atoms with Crippen LogP contribution in [0.4, 0.5) is 11.4 Å². The first kappa shape index (κ1) is 21.9. The molecule has 2 amide bonds. The molecule has 0 aliphatic heterocycles. The lowest BCUT2D eigenvalue weighted by molar-refractivity contribution is -0.134. The SMILES string of the molecule is CN(C)c1ccc(NC(=O)C2CC2)cc1CN(Cc1ccco1)C(=O)CC(C)(C)C. The van der Waals surface area contributed by atoms with Gasteiger partial charge in [0.05, 0.1) is 12.8 Å². The Balaban J connectivity index is 1.86. The summed E-state index contributed by atoms with van der Waals surface area (Å²) in [5, 5.41) is 3.02. The maximum atomic E-state index is 13.1. The van der Waals surface area contributed by atoms with Gasteiger partial charge in [0.25, 0.3) is 0 Å².